The van der Waals surface area contributed by atoms with Crippen LogP contribution >= 0.6 is 11.6 Å². The van der Waals surface area contributed by atoms with Crippen LogP contribution in [0, 0.1) is 6.92 Å². The first-order chi connectivity index (χ1) is 13.9. The molecule has 146 valence electrons. The molecule has 0 fully saturated rings. The first-order valence-electron chi connectivity index (χ1n) is 9.24. The lowest BCUT2D eigenvalue weighted by atomic mass is 10.1. The summed E-state index contributed by atoms with van der Waals surface area (Å²) < 4.78 is 5.42. The Morgan fingerprint density at radius 1 is 1.10 bits per heavy atom. The highest BCUT2D eigenvalue weighted by atomic mass is 35.5. The van der Waals surface area contributed by atoms with E-state index in [1.807, 2.05) is 63.2 Å². The number of nitrogens with zero attached hydrogens (tertiary/aromatic N) is 3. The molecule has 1 amide bonds. The van der Waals surface area contributed by atoms with Gasteiger partial charge in [0.15, 0.2) is 5.82 Å². The molecule has 0 saturated heterocycles. The maximum atomic E-state index is 13.0. The van der Waals surface area contributed by atoms with E-state index in [9.17, 15) is 4.79 Å². The average Bonchev–Trinajstić information content (AvgIpc) is 3.20. The number of rotatable bonds is 4. The molecule has 6 nitrogen and oxygen atoms in total. The van der Waals surface area contributed by atoms with Crippen LogP contribution in [0.25, 0.3) is 22.2 Å². The number of nitrogens with one attached hydrogen (secondary N) is 1. The van der Waals surface area contributed by atoms with Crippen LogP contribution in [0.2, 0.25) is 5.15 Å². The van der Waals surface area contributed by atoms with Crippen molar-refractivity contribution in [1.29, 1.82) is 0 Å². The molecule has 0 saturated carbocycles. The number of aryl methyl sites for hydroxylation is 1. The third-order valence-corrected chi connectivity index (χ3v) is 4.91. The molecule has 0 bridgehead atoms. The Kier molecular flexibility index (Phi) is 5.03. The number of amides is 1. The molecule has 29 heavy (non-hydrogen) atoms. The summed E-state index contributed by atoms with van der Waals surface area (Å²) in [4.78, 5) is 21.7. The summed E-state index contributed by atoms with van der Waals surface area (Å²) in [5, 5.41) is 8.89. The summed E-state index contributed by atoms with van der Waals surface area (Å²) in [6.07, 6.45) is 0. The fraction of sp³-hybridized carbons (Fsp3) is 0.182. The molecule has 1 N–H and O–H groups in total. The molecule has 0 atom stereocenters. The summed E-state index contributed by atoms with van der Waals surface area (Å²) in [6, 6.07) is 14.9. The van der Waals surface area contributed by atoms with Gasteiger partial charge in [0.1, 0.15) is 10.8 Å². The van der Waals surface area contributed by atoms with Crippen molar-refractivity contribution in [1.82, 2.24) is 15.1 Å². The predicted molar refractivity (Wildman–Crippen MR) is 113 cm³/mol. The lowest BCUT2D eigenvalue weighted by Crippen LogP contribution is -2.15. The number of pyridine rings is 1. The van der Waals surface area contributed by atoms with Crippen molar-refractivity contribution in [3.63, 3.8) is 0 Å². The molecule has 0 aliphatic rings. The summed E-state index contributed by atoms with van der Waals surface area (Å²) in [7, 11) is 0. The zero-order valence-electron chi connectivity index (χ0n) is 16.2. The van der Waals surface area contributed by atoms with Gasteiger partial charge in [-0.2, -0.15) is 4.98 Å². The van der Waals surface area contributed by atoms with Crippen molar-refractivity contribution < 1.29 is 9.32 Å². The van der Waals surface area contributed by atoms with E-state index in [0.29, 0.717) is 23.0 Å². The number of benzene rings is 2. The maximum Gasteiger partial charge on any atom is 0.274 e. The molecule has 0 spiro atoms. The van der Waals surface area contributed by atoms with Gasteiger partial charge in [-0.25, -0.2) is 4.98 Å². The van der Waals surface area contributed by atoms with E-state index in [-0.39, 0.29) is 22.7 Å². The summed E-state index contributed by atoms with van der Waals surface area (Å²) in [6.45, 7) is 5.88. The van der Waals surface area contributed by atoms with Crippen molar-refractivity contribution in [2.75, 3.05) is 5.32 Å². The zero-order valence-corrected chi connectivity index (χ0v) is 17.0. The molecule has 2 aromatic heterocycles. The van der Waals surface area contributed by atoms with Gasteiger partial charge in [-0.3, -0.25) is 4.79 Å². The van der Waals surface area contributed by atoms with Gasteiger partial charge in [-0.15, -0.1) is 0 Å². The fourth-order valence-electron chi connectivity index (χ4n) is 3.04. The molecular weight excluding hydrogens is 388 g/mol. The number of hydrogen-bond acceptors (Lipinski definition) is 5. The maximum absolute atomic E-state index is 13.0. The van der Waals surface area contributed by atoms with E-state index in [2.05, 4.69) is 20.4 Å². The lowest BCUT2D eigenvalue weighted by molar-refractivity contribution is 0.102. The monoisotopic (exact) mass is 406 g/mol. The number of fused-ring (bicyclic) bond motifs is 1. The van der Waals surface area contributed by atoms with Crippen molar-refractivity contribution in [2.45, 2.75) is 26.7 Å². The minimum absolute atomic E-state index is 0.138. The molecule has 4 rings (SSSR count). The highest BCUT2D eigenvalue weighted by molar-refractivity contribution is 6.34. The van der Waals surface area contributed by atoms with Crippen LogP contribution in [0.4, 0.5) is 5.69 Å². The molecule has 4 aromatic rings. The topological polar surface area (TPSA) is 80.9 Å². The molecule has 0 unspecified atom stereocenters. The molecular formula is C22H19ClN4O2. The Balaban J connectivity index is 1.72. The normalized spacial score (nSPS) is 11.2. The van der Waals surface area contributed by atoms with Gasteiger partial charge >= 0.3 is 0 Å². The van der Waals surface area contributed by atoms with Gasteiger partial charge in [0.25, 0.3) is 11.8 Å². The summed E-state index contributed by atoms with van der Waals surface area (Å²) in [5.74, 6) is 0.745. The molecule has 0 aliphatic heterocycles. The predicted octanol–water partition coefficient (Wildman–Crippen LogP) is 5.62. The van der Waals surface area contributed by atoms with Crippen molar-refractivity contribution in [3.8, 4) is 11.5 Å². The standard InChI is InChI=1S/C22H19ClN4O2/c1-12(2)20-26-22(29-27-20)16-10-6-7-13(3)18(16)25-21(28)17-11-14-8-4-5-9-15(14)19(23)24-17/h4-12H,1-3H3,(H,25,28). The average molecular weight is 407 g/mol. The Labute approximate surface area is 172 Å². The molecule has 2 heterocycles. The third-order valence-electron chi connectivity index (χ3n) is 4.63. The van der Waals surface area contributed by atoms with Gasteiger partial charge in [-0.1, -0.05) is 67.0 Å². The van der Waals surface area contributed by atoms with E-state index in [0.717, 1.165) is 16.3 Å². The van der Waals surface area contributed by atoms with Gasteiger partial charge < -0.3 is 9.84 Å². The number of carbonyl (C=O) groups excluding carboxylic acids is 1. The second kappa shape index (κ2) is 7.64. The number of aromatic nitrogens is 3. The Hall–Kier alpha value is -3.25. The van der Waals surface area contributed by atoms with Crippen LogP contribution in [0.3, 0.4) is 0 Å². The van der Waals surface area contributed by atoms with Crippen molar-refractivity contribution in [2.24, 2.45) is 0 Å². The van der Waals surface area contributed by atoms with E-state index < -0.39 is 0 Å². The van der Waals surface area contributed by atoms with Crippen molar-refractivity contribution >= 4 is 34.0 Å². The van der Waals surface area contributed by atoms with Gasteiger partial charge in [0, 0.05) is 11.3 Å². The number of hydrogen-bond donors (Lipinski definition) is 1. The Morgan fingerprint density at radius 3 is 2.66 bits per heavy atom. The van der Waals surface area contributed by atoms with Crippen LogP contribution in [0.15, 0.2) is 53.1 Å². The van der Waals surface area contributed by atoms with E-state index in [1.54, 1.807) is 6.07 Å². The van der Waals surface area contributed by atoms with Crippen LogP contribution in [0.5, 0.6) is 0 Å². The smallest absolute Gasteiger partial charge is 0.274 e. The molecule has 0 aliphatic carbocycles. The van der Waals surface area contributed by atoms with Gasteiger partial charge in [-0.05, 0) is 30.0 Å². The van der Waals surface area contributed by atoms with Crippen molar-refractivity contribution in [3.05, 3.63) is 70.8 Å². The van der Waals surface area contributed by atoms with Crippen LogP contribution in [0.1, 0.15) is 41.6 Å². The Bertz CT molecular complexity index is 1220. The van der Waals surface area contributed by atoms with Gasteiger partial charge in [0.05, 0.1) is 11.3 Å². The minimum atomic E-state index is -0.364. The van der Waals surface area contributed by atoms with Crippen LogP contribution < -0.4 is 5.32 Å². The molecule has 2 aromatic carbocycles. The largest absolute Gasteiger partial charge is 0.334 e. The number of halogens is 1. The van der Waals surface area contributed by atoms with Crippen LogP contribution in [-0.2, 0) is 0 Å². The minimum Gasteiger partial charge on any atom is -0.334 e. The second-order valence-electron chi connectivity index (χ2n) is 7.08. The van der Waals surface area contributed by atoms with E-state index in [4.69, 9.17) is 16.1 Å². The highest BCUT2D eigenvalue weighted by Gasteiger charge is 2.19. The summed E-state index contributed by atoms with van der Waals surface area (Å²) >= 11 is 6.28. The fourth-order valence-corrected chi connectivity index (χ4v) is 3.30. The molecule has 0 radical (unpaired) electrons. The highest BCUT2D eigenvalue weighted by Crippen LogP contribution is 2.31. The third kappa shape index (κ3) is 3.71. The number of anilines is 1. The first-order valence-corrected chi connectivity index (χ1v) is 9.62. The quantitative estimate of drug-likeness (QED) is 0.444. The summed E-state index contributed by atoms with van der Waals surface area (Å²) in [5.41, 5.74) is 2.36. The van der Waals surface area contributed by atoms with Crippen LogP contribution in [-0.4, -0.2) is 21.0 Å². The first kappa shape index (κ1) is 19.1. The number of carbonyl (C=O) groups is 1. The molecule has 7 heteroatoms. The lowest BCUT2D eigenvalue weighted by Gasteiger charge is -2.12. The zero-order chi connectivity index (χ0) is 20.5. The Morgan fingerprint density at radius 2 is 1.90 bits per heavy atom. The van der Waals surface area contributed by atoms with E-state index in [1.165, 1.54) is 0 Å². The SMILES string of the molecule is Cc1cccc(-c2nc(C(C)C)no2)c1NC(=O)c1cc2ccccc2c(Cl)n1. The van der Waals surface area contributed by atoms with Gasteiger partial charge in [0.2, 0.25) is 0 Å². The number of para-hydroxylation sites is 1. The second-order valence-corrected chi connectivity index (χ2v) is 7.44. The van der Waals surface area contributed by atoms with E-state index >= 15 is 0 Å².